The number of ketones is 1. The lowest BCUT2D eigenvalue weighted by Gasteiger charge is -2.37. The van der Waals surface area contributed by atoms with Gasteiger partial charge in [0.2, 0.25) is 0 Å². The molecule has 1 rings (SSSR count). The zero-order valence-corrected chi connectivity index (χ0v) is 22.3. The van der Waals surface area contributed by atoms with Gasteiger partial charge in [-0.05, 0) is 73.8 Å². The third-order valence-electron chi connectivity index (χ3n) is 4.84. The van der Waals surface area contributed by atoms with Gasteiger partial charge < -0.3 is 22.8 Å². The predicted octanol–water partition coefficient (Wildman–Crippen LogP) is 5.48. The first-order valence-corrected chi connectivity index (χ1v) is 14.2. The Morgan fingerprint density at radius 2 is 1.38 bits per heavy atom. The molecule has 0 radical (unpaired) electrons. The number of hydrogen-bond acceptors (Lipinski definition) is 9. The van der Waals surface area contributed by atoms with Crippen LogP contribution in [0.4, 0.5) is 0 Å². The fourth-order valence-electron chi connectivity index (χ4n) is 3.55. The van der Waals surface area contributed by atoms with E-state index in [0.717, 1.165) is 0 Å². The summed E-state index contributed by atoms with van der Waals surface area (Å²) in [7, 11) is -8.28. The minimum Gasteiger partial charge on any atom is -0.459 e. The Bertz CT molecular complexity index is 750. The molecule has 0 aromatic rings. The van der Waals surface area contributed by atoms with Crippen LogP contribution in [0.2, 0.25) is 0 Å². The van der Waals surface area contributed by atoms with E-state index in [4.69, 9.17) is 22.8 Å². The number of rotatable bonds is 13. The normalized spacial score (nSPS) is 20.0. The molecule has 1 aliphatic rings. The SMILES string of the molecule is CCOP(=O)(OCC)C(C[C@@]1(C(=O)OC(C)(C)C)CC=C(C)C1=O)P(=O)(OCC)OCC. The molecule has 0 aromatic heterocycles. The monoisotopic (exact) mass is 496 g/mol. The lowest BCUT2D eigenvalue weighted by Crippen LogP contribution is -2.44. The molecule has 0 amide bonds. The van der Waals surface area contributed by atoms with Crippen molar-refractivity contribution >= 4 is 26.9 Å². The number of Topliss-reactive ketones (excluding diaryl/α,β-unsaturated/α-hetero) is 1. The summed E-state index contributed by atoms with van der Waals surface area (Å²) in [5.41, 5.74) is -2.24. The van der Waals surface area contributed by atoms with E-state index in [1.54, 1.807) is 61.5 Å². The van der Waals surface area contributed by atoms with Crippen molar-refractivity contribution in [2.45, 2.75) is 79.2 Å². The molecule has 1 atom stereocenters. The molecule has 9 nitrogen and oxygen atoms in total. The van der Waals surface area contributed by atoms with E-state index in [1.165, 1.54) is 0 Å². The minimum absolute atomic E-state index is 0.00328. The Morgan fingerprint density at radius 1 is 0.969 bits per heavy atom. The number of allylic oxidation sites excluding steroid dienone is 2. The molecule has 0 aromatic carbocycles. The highest BCUT2D eigenvalue weighted by Crippen LogP contribution is 2.73. The van der Waals surface area contributed by atoms with Gasteiger partial charge >= 0.3 is 21.2 Å². The van der Waals surface area contributed by atoms with Crippen LogP contribution >= 0.6 is 15.2 Å². The molecule has 0 unspecified atom stereocenters. The molecular weight excluding hydrogens is 458 g/mol. The van der Waals surface area contributed by atoms with Crippen LogP contribution in [0.1, 0.15) is 68.2 Å². The molecule has 0 saturated carbocycles. The van der Waals surface area contributed by atoms with Gasteiger partial charge in [-0.2, -0.15) is 0 Å². The van der Waals surface area contributed by atoms with Crippen molar-refractivity contribution in [1.29, 1.82) is 0 Å². The van der Waals surface area contributed by atoms with Crippen LogP contribution in [-0.4, -0.2) is 49.2 Å². The Balaban J connectivity index is 3.69. The van der Waals surface area contributed by atoms with Gasteiger partial charge in [0.25, 0.3) is 0 Å². The number of carbonyl (C=O) groups excluding carboxylic acids is 2. The van der Waals surface area contributed by atoms with E-state index >= 15 is 0 Å². The lowest BCUT2D eigenvalue weighted by molar-refractivity contribution is -0.169. The second kappa shape index (κ2) is 11.5. The van der Waals surface area contributed by atoms with Gasteiger partial charge in [-0.3, -0.25) is 18.7 Å². The maximum absolute atomic E-state index is 13.9. The van der Waals surface area contributed by atoms with Gasteiger partial charge in [0.1, 0.15) is 11.0 Å². The number of ether oxygens (including phenoxy) is 1. The molecule has 186 valence electrons. The van der Waals surface area contributed by atoms with Crippen LogP contribution in [0.3, 0.4) is 0 Å². The molecule has 0 aliphatic heterocycles. The molecule has 0 fully saturated rings. The topological polar surface area (TPSA) is 114 Å². The highest BCUT2D eigenvalue weighted by atomic mass is 31.2. The maximum Gasteiger partial charge on any atom is 0.345 e. The molecule has 1 aliphatic carbocycles. The smallest absolute Gasteiger partial charge is 0.345 e. The Morgan fingerprint density at radius 3 is 1.66 bits per heavy atom. The lowest BCUT2D eigenvalue weighted by atomic mass is 9.80. The highest BCUT2D eigenvalue weighted by Gasteiger charge is 2.60. The zero-order chi connectivity index (χ0) is 24.8. The third-order valence-corrected chi connectivity index (χ3v) is 10.8. The maximum atomic E-state index is 13.9. The molecule has 11 heteroatoms. The number of hydrogen-bond donors (Lipinski definition) is 0. The van der Waals surface area contributed by atoms with Crippen molar-refractivity contribution < 1.29 is 41.6 Å². The summed E-state index contributed by atoms with van der Waals surface area (Å²) < 4.78 is 55.3. The molecular formula is C21H38O9P2. The number of carbonyl (C=O) groups is 2. The average molecular weight is 496 g/mol. The third kappa shape index (κ3) is 6.62. The minimum atomic E-state index is -4.14. The van der Waals surface area contributed by atoms with Crippen molar-refractivity contribution in [3.05, 3.63) is 11.6 Å². The molecule has 0 bridgehead atoms. The summed E-state index contributed by atoms with van der Waals surface area (Å²) in [6, 6.07) is 0. The molecule has 0 spiro atoms. The summed E-state index contributed by atoms with van der Waals surface area (Å²) in [6.07, 6.45) is 1.21. The van der Waals surface area contributed by atoms with Crippen LogP contribution in [0, 0.1) is 5.41 Å². The Kier molecular flexibility index (Phi) is 10.5. The Hall–Kier alpha value is -0.820. The summed E-state index contributed by atoms with van der Waals surface area (Å²) >= 11 is 0. The fraction of sp³-hybridized carbons (Fsp3) is 0.810. The molecule has 0 heterocycles. The standard InChI is InChI=1S/C21H38O9P2/c1-9-26-31(24,27-10-2)17(32(25,28-11-3)29-12-4)15-21(14-13-16(5)18(21)22)19(23)30-20(6,7)8/h13,17H,9-12,14-15H2,1-8H3/t21-/m0/s1. The first-order chi connectivity index (χ1) is 14.7. The van der Waals surface area contributed by atoms with E-state index in [1.807, 2.05) is 0 Å². The largest absolute Gasteiger partial charge is 0.459 e. The summed E-state index contributed by atoms with van der Waals surface area (Å²) in [5.74, 6) is -1.26. The van der Waals surface area contributed by atoms with Crippen LogP contribution in [0.25, 0.3) is 0 Å². The second-order valence-electron chi connectivity index (χ2n) is 8.44. The quantitative estimate of drug-likeness (QED) is 0.186. The first-order valence-electron chi connectivity index (χ1n) is 11.0. The van der Waals surface area contributed by atoms with Gasteiger partial charge in [-0.1, -0.05) is 6.08 Å². The van der Waals surface area contributed by atoms with E-state index in [9.17, 15) is 18.7 Å². The van der Waals surface area contributed by atoms with Crippen molar-refractivity contribution in [2.24, 2.45) is 5.41 Å². The van der Waals surface area contributed by atoms with Gasteiger partial charge in [0, 0.05) is 0 Å². The van der Waals surface area contributed by atoms with Crippen LogP contribution in [0.5, 0.6) is 0 Å². The fourth-order valence-corrected chi connectivity index (χ4v) is 9.08. The average Bonchev–Trinajstić information content (AvgIpc) is 2.95. The van der Waals surface area contributed by atoms with E-state index in [2.05, 4.69) is 0 Å². The van der Waals surface area contributed by atoms with Crippen molar-refractivity contribution in [3.8, 4) is 0 Å². The highest BCUT2D eigenvalue weighted by molar-refractivity contribution is 7.72. The van der Waals surface area contributed by atoms with Crippen LogP contribution in [-0.2, 0) is 41.6 Å². The Labute approximate surface area is 191 Å². The van der Waals surface area contributed by atoms with Crippen molar-refractivity contribution in [2.75, 3.05) is 26.4 Å². The van der Waals surface area contributed by atoms with E-state index in [0.29, 0.717) is 5.57 Å². The van der Waals surface area contributed by atoms with Gasteiger partial charge in [0.05, 0.1) is 26.4 Å². The van der Waals surface area contributed by atoms with Crippen molar-refractivity contribution in [1.82, 2.24) is 0 Å². The number of esters is 1. The molecule has 0 N–H and O–H groups in total. The van der Waals surface area contributed by atoms with E-state index < -0.39 is 49.8 Å². The first kappa shape index (κ1) is 29.2. The molecule has 32 heavy (non-hydrogen) atoms. The zero-order valence-electron chi connectivity index (χ0n) is 20.5. The summed E-state index contributed by atoms with van der Waals surface area (Å²) in [6.45, 7) is 13.1. The van der Waals surface area contributed by atoms with Crippen LogP contribution in [0.15, 0.2) is 11.6 Å². The summed E-state index contributed by atoms with van der Waals surface area (Å²) in [4.78, 5) is 26.6. The van der Waals surface area contributed by atoms with Crippen LogP contribution < -0.4 is 0 Å². The van der Waals surface area contributed by atoms with Gasteiger partial charge in [0.15, 0.2) is 11.2 Å². The van der Waals surface area contributed by atoms with E-state index in [-0.39, 0.29) is 32.8 Å². The second-order valence-corrected chi connectivity index (χ2v) is 13.3. The molecule has 0 saturated heterocycles. The predicted molar refractivity (Wildman–Crippen MR) is 122 cm³/mol. The van der Waals surface area contributed by atoms with Gasteiger partial charge in [-0.15, -0.1) is 0 Å². The van der Waals surface area contributed by atoms with Crippen molar-refractivity contribution in [3.63, 3.8) is 0 Å². The van der Waals surface area contributed by atoms with Gasteiger partial charge in [-0.25, -0.2) is 0 Å². The summed E-state index contributed by atoms with van der Waals surface area (Å²) in [5, 5.41) is -1.49.